The van der Waals surface area contributed by atoms with Crippen LogP contribution in [0.4, 0.5) is 0 Å². The average molecular weight is 169 g/mol. The molecule has 2 aliphatic rings. The Balaban J connectivity index is 1.97. The van der Waals surface area contributed by atoms with Crippen molar-refractivity contribution >= 4 is 6.40 Å². The van der Waals surface area contributed by atoms with Gasteiger partial charge in [-0.3, -0.25) is 11.2 Å². The molecule has 68 valence electrons. The minimum atomic E-state index is -0.708. The lowest BCUT2D eigenvalue weighted by Crippen LogP contribution is -2.56. The summed E-state index contributed by atoms with van der Waals surface area (Å²) < 4.78 is 5.25. The minimum Gasteiger partial charge on any atom is -0.441 e. The van der Waals surface area contributed by atoms with Gasteiger partial charge in [0, 0.05) is 5.92 Å². The zero-order chi connectivity index (χ0) is 8.44. The molecule has 0 aromatic rings. The van der Waals surface area contributed by atoms with Crippen molar-refractivity contribution in [3.63, 3.8) is 0 Å². The van der Waals surface area contributed by atoms with E-state index in [4.69, 9.17) is 10.5 Å². The second-order valence-corrected chi connectivity index (χ2v) is 3.59. The van der Waals surface area contributed by atoms with Crippen molar-refractivity contribution in [2.24, 2.45) is 16.8 Å². The van der Waals surface area contributed by atoms with Crippen LogP contribution in [-0.4, -0.2) is 12.2 Å². The number of hydrazone groups is 1. The molecular formula is C8H15N3O. The molecule has 0 aromatic carbocycles. The molecule has 1 unspecified atom stereocenters. The highest BCUT2D eigenvalue weighted by molar-refractivity contribution is 5.48. The Morgan fingerprint density at radius 3 is 2.75 bits per heavy atom. The summed E-state index contributed by atoms with van der Waals surface area (Å²) in [5, 5.41) is 3.79. The Morgan fingerprint density at radius 1 is 1.42 bits per heavy atom. The van der Waals surface area contributed by atoms with Gasteiger partial charge in [0.15, 0.2) is 6.40 Å². The average Bonchev–Trinajstić information content (AvgIpc) is 2.55. The second kappa shape index (κ2) is 2.94. The fourth-order valence-corrected chi connectivity index (χ4v) is 1.99. The van der Waals surface area contributed by atoms with Crippen molar-refractivity contribution in [3.8, 4) is 0 Å². The van der Waals surface area contributed by atoms with E-state index in [0.717, 1.165) is 12.8 Å². The van der Waals surface area contributed by atoms with Crippen molar-refractivity contribution in [3.05, 3.63) is 0 Å². The van der Waals surface area contributed by atoms with Crippen LogP contribution in [0.25, 0.3) is 0 Å². The van der Waals surface area contributed by atoms with E-state index >= 15 is 0 Å². The standard InChI is InChI=1S/C8H15N3O/c9-8(11-10-6-12-8)7-4-2-1-3-5-7/h6-7,11H,1-5,9H2. The first-order valence-corrected chi connectivity index (χ1v) is 4.57. The number of rotatable bonds is 1. The van der Waals surface area contributed by atoms with Gasteiger partial charge in [-0.1, -0.05) is 19.3 Å². The maximum atomic E-state index is 5.98. The third kappa shape index (κ3) is 1.27. The van der Waals surface area contributed by atoms with E-state index in [1.807, 2.05) is 0 Å². The summed E-state index contributed by atoms with van der Waals surface area (Å²) in [6.45, 7) is 0. The molecular weight excluding hydrogens is 154 g/mol. The highest BCUT2D eigenvalue weighted by atomic mass is 16.5. The Hall–Kier alpha value is -0.770. The smallest absolute Gasteiger partial charge is 0.254 e. The molecule has 0 radical (unpaired) electrons. The van der Waals surface area contributed by atoms with Gasteiger partial charge in [0.25, 0.3) is 5.85 Å². The van der Waals surface area contributed by atoms with Crippen LogP contribution >= 0.6 is 0 Å². The fraction of sp³-hybridized carbons (Fsp3) is 0.875. The van der Waals surface area contributed by atoms with E-state index in [0.29, 0.717) is 5.92 Å². The van der Waals surface area contributed by atoms with E-state index in [2.05, 4.69) is 10.5 Å². The summed E-state index contributed by atoms with van der Waals surface area (Å²) in [6, 6.07) is 0. The Bertz CT molecular complexity index is 179. The lowest BCUT2D eigenvalue weighted by Gasteiger charge is -2.34. The summed E-state index contributed by atoms with van der Waals surface area (Å²) in [4.78, 5) is 0. The van der Waals surface area contributed by atoms with Crippen molar-refractivity contribution < 1.29 is 4.74 Å². The predicted molar refractivity (Wildman–Crippen MR) is 46.2 cm³/mol. The van der Waals surface area contributed by atoms with E-state index < -0.39 is 5.85 Å². The first-order valence-electron chi connectivity index (χ1n) is 4.57. The van der Waals surface area contributed by atoms with E-state index in [1.165, 1.54) is 25.7 Å². The van der Waals surface area contributed by atoms with Crippen LogP contribution in [-0.2, 0) is 4.74 Å². The van der Waals surface area contributed by atoms with Gasteiger partial charge in [-0.05, 0) is 12.8 Å². The van der Waals surface area contributed by atoms with Crippen LogP contribution in [0, 0.1) is 5.92 Å². The molecule has 1 aliphatic carbocycles. The molecule has 1 aliphatic heterocycles. The molecule has 1 atom stereocenters. The molecule has 4 nitrogen and oxygen atoms in total. The summed E-state index contributed by atoms with van der Waals surface area (Å²) in [5.41, 5.74) is 8.80. The fourth-order valence-electron chi connectivity index (χ4n) is 1.99. The molecule has 0 aromatic heterocycles. The van der Waals surface area contributed by atoms with Gasteiger partial charge in [0.2, 0.25) is 0 Å². The van der Waals surface area contributed by atoms with E-state index in [1.54, 1.807) is 0 Å². The zero-order valence-corrected chi connectivity index (χ0v) is 7.12. The molecule has 3 N–H and O–H groups in total. The Kier molecular flexibility index (Phi) is 1.92. The van der Waals surface area contributed by atoms with Crippen LogP contribution in [0.3, 0.4) is 0 Å². The molecule has 0 amide bonds. The number of nitrogens with zero attached hydrogens (tertiary/aromatic N) is 1. The molecule has 1 heterocycles. The van der Waals surface area contributed by atoms with E-state index in [-0.39, 0.29) is 0 Å². The molecule has 1 saturated carbocycles. The second-order valence-electron chi connectivity index (χ2n) is 3.59. The van der Waals surface area contributed by atoms with Gasteiger partial charge in [-0.25, -0.2) is 0 Å². The summed E-state index contributed by atoms with van der Waals surface area (Å²) in [5.74, 6) is -0.297. The quantitative estimate of drug-likeness (QED) is 0.608. The number of nitrogens with two attached hydrogens (primary N) is 1. The third-order valence-corrected chi connectivity index (χ3v) is 2.75. The van der Waals surface area contributed by atoms with Crippen LogP contribution in [0.15, 0.2) is 5.10 Å². The lowest BCUT2D eigenvalue weighted by molar-refractivity contribution is -0.0179. The molecule has 12 heavy (non-hydrogen) atoms. The number of ether oxygens (including phenoxy) is 1. The Morgan fingerprint density at radius 2 is 2.17 bits per heavy atom. The first-order chi connectivity index (χ1) is 5.81. The monoisotopic (exact) mass is 169 g/mol. The predicted octanol–water partition coefficient (Wildman–Crippen LogP) is 0.742. The van der Waals surface area contributed by atoms with Crippen molar-refractivity contribution in [2.45, 2.75) is 38.0 Å². The van der Waals surface area contributed by atoms with Crippen LogP contribution in [0.5, 0.6) is 0 Å². The lowest BCUT2D eigenvalue weighted by atomic mass is 9.85. The molecule has 2 rings (SSSR count). The first kappa shape index (κ1) is 7.86. The zero-order valence-electron chi connectivity index (χ0n) is 7.12. The van der Waals surface area contributed by atoms with Crippen LogP contribution in [0.2, 0.25) is 0 Å². The molecule has 1 fully saturated rings. The topological polar surface area (TPSA) is 59.6 Å². The van der Waals surface area contributed by atoms with Crippen LogP contribution < -0.4 is 11.2 Å². The molecule has 0 saturated heterocycles. The Labute approximate surface area is 72.2 Å². The van der Waals surface area contributed by atoms with E-state index in [9.17, 15) is 0 Å². The van der Waals surface area contributed by atoms with Gasteiger partial charge < -0.3 is 4.74 Å². The summed E-state index contributed by atoms with van der Waals surface area (Å²) in [7, 11) is 0. The van der Waals surface area contributed by atoms with Gasteiger partial charge in [-0.15, -0.1) is 5.10 Å². The number of nitrogens with one attached hydrogen (secondary N) is 1. The molecule has 0 bridgehead atoms. The van der Waals surface area contributed by atoms with Crippen molar-refractivity contribution in [1.29, 1.82) is 0 Å². The maximum absolute atomic E-state index is 5.98. The highest BCUT2D eigenvalue weighted by Crippen LogP contribution is 2.31. The highest BCUT2D eigenvalue weighted by Gasteiger charge is 2.39. The number of hydrogen-bond donors (Lipinski definition) is 2. The summed E-state index contributed by atoms with van der Waals surface area (Å²) in [6.07, 6.45) is 7.53. The normalized spacial score (nSPS) is 36.1. The van der Waals surface area contributed by atoms with Crippen LogP contribution in [0.1, 0.15) is 32.1 Å². The van der Waals surface area contributed by atoms with Gasteiger partial charge in [-0.2, -0.15) is 0 Å². The van der Waals surface area contributed by atoms with Crippen molar-refractivity contribution in [1.82, 2.24) is 5.43 Å². The van der Waals surface area contributed by atoms with Crippen molar-refractivity contribution in [2.75, 3.05) is 0 Å². The maximum Gasteiger partial charge on any atom is 0.254 e. The summed E-state index contributed by atoms with van der Waals surface area (Å²) >= 11 is 0. The largest absolute Gasteiger partial charge is 0.441 e. The van der Waals surface area contributed by atoms with Gasteiger partial charge in [0.05, 0.1) is 0 Å². The van der Waals surface area contributed by atoms with Gasteiger partial charge >= 0.3 is 0 Å². The minimum absolute atomic E-state index is 0.411. The number of hydrogen-bond acceptors (Lipinski definition) is 4. The molecule has 4 heteroatoms. The third-order valence-electron chi connectivity index (χ3n) is 2.75. The van der Waals surface area contributed by atoms with Gasteiger partial charge in [0.1, 0.15) is 0 Å². The molecule has 0 spiro atoms. The SMILES string of the molecule is NC1(C2CCCCC2)NN=CO1.